The molecule has 98 valence electrons. The van der Waals surface area contributed by atoms with Crippen LogP contribution in [0.2, 0.25) is 0 Å². The standard InChI is InChI=1S/C13H11NO5/c1-7(15)10(13(18)19)6-14-11(16)8-4-2-3-5-9(8)12(14)17/h2-5,10H,6H2,1H3,(H,18,19). The van der Waals surface area contributed by atoms with Gasteiger partial charge in [-0.05, 0) is 19.1 Å². The highest BCUT2D eigenvalue weighted by atomic mass is 16.4. The number of hydrogen-bond acceptors (Lipinski definition) is 4. The van der Waals surface area contributed by atoms with Crippen molar-refractivity contribution in [3.63, 3.8) is 0 Å². The van der Waals surface area contributed by atoms with Gasteiger partial charge in [0, 0.05) is 6.54 Å². The van der Waals surface area contributed by atoms with E-state index in [-0.39, 0.29) is 11.1 Å². The molecular weight excluding hydrogens is 250 g/mol. The molecule has 0 radical (unpaired) electrons. The summed E-state index contributed by atoms with van der Waals surface area (Å²) < 4.78 is 0. The number of fused-ring (bicyclic) bond motifs is 1. The van der Waals surface area contributed by atoms with Crippen LogP contribution in [-0.4, -0.2) is 40.1 Å². The van der Waals surface area contributed by atoms with Gasteiger partial charge in [-0.25, -0.2) is 0 Å². The fraction of sp³-hybridized carbons (Fsp3) is 0.231. The third kappa shape index (κ3) is 2.12. The Morgan fingerprint density at radius 3 is 2.00 bits per heavy atom. The van der Waals surface area contributed by atoms with Gasteiger partial charge in [-0.15, -0.1) is 0 Å². The number of hydrogen-bond donors (Lipinski definition) is 1. The van der Waals surface area contributed by atoms with Gasteiger partial charge in [0.15, 0.2) is 0 Å². The number of ketones is 1. The maximum atomic E-state index is 12.0. The van der Waals surface area contributed by atoms with Crippen LogP contribution in [0.5, 0.6) is 0 Å². The normalized spacial score (nSPS) is 15.3. The molecule has 1 unspecified atom stereocenters. The molecule has 2 amide bonds. The zero-order chi connectivity index (χ0) is 14.2. The second kappa shape index (κ2) is 4.64. The van der Waals surface area contributed by atoms with Crippen LogP contribution in [0.1, 0.15) is 27.6 Å². The monoisotopic (exact) mass is 261 g/mol. The lowest BCUT2D eigenvalue weighted by Gasteiger charge is -2.17. The van der Waals surface area contributed by atoms with Crippen LogP contribution < -0.4 is 0 Å². The summed E-state index contributed by atoms with van der Waals surface area (Å²) in [6, 6.07) is 6.23. The Morgan fingerprint density at radius 2 is 1.63 bits per heavy atom. The summed E-state index contributed by atoms with van der Waals surface area (Å²) in [6.45, 7) is 0.688. The molecule has 1 aliphatic heterocycles. The molecule has 0 saturated heterocycles. The van der Waals surface area contributed by atoms with E-state index < -0.39 is 36.0 Å². The fourth-order valence-corrected chi connectivity index (χ4v) is 1.97. The van der Waals surface area contributed by atoms with Crippen molar-refractivity contribution in [1.82, 2.24) is 4.90 Å². The van der Waals surface area contributed by atoms with Gasteiger partial charge < -0.3 is 5.11 Å². The van der Waals surface area contributed by atoms with Crippen molar-refractivity contribution < 1.29 is 24.3 Å². The Hall–Kier alpha value is -2.50. The average molecular weight is 261 g/mol. The SMILES string of the molecule is CC(=O)C(CN1C(=O)c2ccccc2C1=O)C(=O)O. The predicted octanol–water partition coefficient (Wildman–Crippen LogP) is 0.572. The van der Waals surface area contributed by atoms with Crippen LogP contribution in [0.25, 0.3) is 0 Å². The molecule has 1 heterocycles. The summed E-state index contributed by atoms with van der Waals surface area (Å²) in [5.41, 5.74) is 0.473. The van der Waals surface area contributed by atoms with Crippen LogP contribution in [-0.2, 0) is 9.59 Å². The van der Waals surface area contributed by atoms with Gasteiger partial charge in [-0.1, -0.05) is 12.1 Å². The van der Waals surface area contributed by atoms with Crippen molar-refractivity contribution in [2.24, 2.45) is 5.92 Å². The molecule has 0 spiro atoms. The number of carboxylic acids is 1. The molecule has 1 N–H and O–H groups in total. The topological polar surface area (TPSA) is 91.8 Å². The molecule has 1 aromatic rings. The Balaban J connectivity index is 2.30. The largest absolute Gasteiger partial charge is 0.481 e. The van der Waals surface area contributed by atoms with Gasteiger partial charge in [0.25, 0.3) is 11.8 Å². The zero-order valence-corrected chi connectivity index (χ0v) is 10.1. The summed E-state index contributed by atoms with van der Waals surface area (Å²) in [4.78, 5) is 47.0. The molecule has 0 aromatic heterocycles. The van der Waals surface area contributed by atoms with E-state index in [1.807, 2.05) is 0 Å². The first-order valence-corrected chi connectivity index (χ1v) is 5.62. The first-order valence-electron chi connectivity index (χ1n) is 5.62. The van der Waals surface area contributed by atoms with Crippen molar-refractivity contribution in [3.05, 3.63) is 35.4 Å². The maximum Gasteiger partial charge on any atom is 0.315 e. The van der Waals surface area contributed by atoms with Gasteiger partial charge in [-0.3, -0.25) is 24.1 Å². The van der Waals surface area contributed by atoms with E-state index in [1.165, 1.54) is 12.1 Å². The number of carbonyl (C=O) groups is 4. The van der Waals surface area contributed by atoms with E-state index in [0.29, 0.717) is 0 Å². The number of Topliss-reactive ketones (excluding diaryl/α,β-unsaturated/α-hetero) is 1. The van der Waals surface area contributed by atoms with E-state index in [4.69, 9.17) is 5.11 Å². The lowest BCUT2D eigenvalue weighted by atomic mass is 10.1. The number of carboxylic acid groups (broad SMARTS) is 1. The van der Waals surface area contributed by atoms with Crippen LogP contribution in [0.15, 0.2) is 24.3 Å². The number of carbonyl (C=O) groups excluding carboxylic acids is 3. The van der Waals surface area contributed by atoms with E-state index in [1.54, 1.807) is 12.1 Å². The summed E-state index contributed by atoms with van der Waals surface area (Å²) >= 11 is 0. The number of nitrogens with zero attached hydrogens (tertiary/aromatic N) is 1. The van der Waals surface area contributed by atoms with Gasteiger partial charge in [0.2, 0.25) is 0 Å². The number of rotatable bonds is 4. The Bertz CT molecular complexity index is 543. The second-order valence-corrected chi connectivity index (χ2v) is 4.27. The zero-order valence-electron chi connectivity index (χ0n) is 10.1. The van der Waals surface area contributed by atoms with E-state index in [9.17, 15) is 19.2 Å². The summed E-state index contributed by atoms with van der Waals surface area (Å²) in [5, 5.41) is 8.92. The first kappa shape index (κ1) is 12.9. The highest BCUT2D eigenvalue weighted by molar-refractivity contribution is 6.21. The fourth-order valence-electron chi connectivity index (χ4n) is 1.97. The van der Waals surface area contributed by atoms with Crippen LogP contribution in [0, 0.1) is 5.92 Å². The lowest BCUT2D eigenvalue weighted by molar-refractivity contribution is -0.145. The van der Waals surface area contributed by atoms with Gasteiger partial charge in [0.1, 0.15) is 11.7 Å². The molecule has 1 aromatic carbocycles. The van der Waals surface area contributed by atoms with Crippen molar-refractivity contribution in [2.45, 2.75) is 6.92 Å². The number of amides is 2. The highest BCUT2D eigenvalue weighted by Gasteiger charge is 2.38. The molecule has 0 aliphatic carbocycles. The predicted molar refractivity (Wildman–Crippen MR) is 63.6 cm³/mol. The van der Waals surface area contributed by atoms with Crippen LogP contribution in [0.4, 0.5) is 0 Å². The average Bonchev–Trinajstić information content (AvgIpc) is 2.59. The molecule has 0 saturated carbocycles. The maximum absolute atomic E-state index is 12.0. The molecule has 1 aliphatic rings. The minimum absolute atomic E-state index is 0.236. The Labute approximate surface area is 108 Å². The summed E-state index contributed by atoms with van der Waals surface area (Å²) in [5.74, 6) is -4.45. The third-order valence-electron chi connectivity index (χ3n) is 3.03. The molecule has 0 fully saturated rings. The lowest BCUT2D eigenvalue weighted by Crippen LogP contribution is -2.39. The van der Waals surface area contributed by atoms with Crippen molar-refractivity contribution >= 4 is 23.6 Å². The van der Waals surface area contributed by atoms with E-state index >= 15 is 0 Å². The third-order valence-corrected chi connectivity index (χ3v) is 3.03. The van der Waals surface area contributed by atoms with Crippen molar-refractivity contribution in [3.8, 4) is 0 Å². The Morgan fingerprint density at radius 1 is 1.16 bits per heavy atom. The smallest absolute Gasteiger partial charge is 0.315 e. The molecule has 6 heteroatoms. The van der Waals surface area contributed by atoms with Crippen LogP contribution in [0.3, 0.4) is 0 Å². The number of imide groups is 1. The molecule has 2 rings (SSSR count). The van der Waals surface area contributed by atoms with Gasteiger partial charge in [-0.2, -0.15) is 0 Å². The Kier molecular flexibility index (Phi) is 3.16. The van der Waals surface area contributed by atoms with E-state index in [2.05, 4.69) is 0 Å². The van der Waals surface area contributed by atoms with Crippen molar-refractivity contribution in [1.29, 1.82) is 0 Å². The first-order chi connectivity index (χ1) is 8.93. The summed E-state index contributed by atoms with van der Waals surface area (Å²) in [6.07, 6.45) is 0. The molecular formula is C13H11NO5. The molecule has 1 atom stereocenters. The minimum atomic E-state index is -1.39. The highest BCUT2D eigenvalue weighted by Crippen LogP contribution is 2.23. The van der Waals surface area contributed by atoms with Gasteiger partial charge >= 0.3 is 5.97 Å². The van der Waals surface area contributed by atoms with Gasteiger partial charge in [0.05, 0.1) is 11.1 Å². The van der Waals surface area contributed by atoms with Crippen LogP contribution >= 0.6 is 0 Å². The second-order valence-electron chi connectivity index (χ2n) is 4.27. The number of aliphatic carboxylic acids is 1. The quantitative estimate of drug-likeness (QED) is 0.632. The molecule has 19 heavy (non-hydrogen) atoms. The minimum Gasteiger partial charge on any atom is -0.481 e. The summed E-state index contributed by atoms with van der Waals surface area (Å²) in [7, 11) is 0. The van der Waals surface area contributed by atoms with E-state index in [0.717, 1.165) is 11.8 Å². The number of benzene rings is 1. The molecule has 0 bridgehead atoms. The molecule has 6 nitrogen and oxygen atoms in total. The van der Waals surface area contributed by atoms with Crippen molar-refractivity contribution in [2.75, 3.05) is 6.54 Å².